The lowest BCUT2D eigenvalue weighted by Gasteiger charge is -2.16. The summed E-state index contributed by atoms with van der Waals surface area (Å²) in [5.41, 5.74) is 0. The zero-order valence-electron chi connectivity index (χ0n) is 4.15. The number of rotatable bonds is 2. The fourth-order valence-electron chi connectivity index (χ4n) is 0.161. The molecule has 0 amide bonds. The van der Waals surface area contributed by atoms with E-state index in [0.29, 0.717) is 0 Å². The van der Waals surface area contributed by atoms with Crippen molar-refractivity contribution in [2.75, 3.05) is 0 Å². The molecule has 0 unspecified atom stereocenters. The average molecular weight is 218 g/mol. The van der Waals surface area contributed by atoms with Crippen LogP contribution in [-0.2, 0) is 0 Å². The molecule has 0 fully saturated rings. The minimum Gasteiger partial charge on any atom is -0.225 e. The van der Waals surface area contributed by atoms with Crippen LogP contribution in [0.4, 0.5) is 17.6 Å². The van der Waals surface area contributed by atoms with Crippen LogP contribution in [0.1, 0.15) is 0 Å². The van der Waals surface area contributed by atoms with E-state index in [1.807, 2.05) is 0 Å². The minimum atomic E-state index is -4.47. The van der Waals surface area contributed by atoms with E-state index >= 15 is 0 Å². The standard InChI is InChI=1S/C3Cl3F4/c4-2(5,8)1(7)3(6,9)10. The molecule has 0 nitrogen and oxygen atoms in total. The summed E-state index contributed by atoms with van der Waals surface area (Å²) >= 11 is 12.6. The Hall–Kier alpha value is 0.590. The van der Waals surface area contributed by atoms with Gasteiger partial charge in [-0.2, -0.15) is 8.78 Å². The van der Waals surface area contributed by atoms with Gasteiger partial charge in [0.05, 0.1) is 0 Å². The van der Waals surface area contributed by atoms with Crippen molar-refractivity contribution in [2.24, 2.45) is 0 Å². The zero-order chi connectivity index (χ0) is 8.58. The second kappa shape index (κ2) is 2.91. The average Bonchev–Trinajstić information content (AvgIpc) is 1.59. The third-order valence-electron chi connectivity index (χ3n) is 0.498. The molecule has 1 radical (unpaired) electrons. The largest absolute Gasteiger partial charge is 0.364 e. The van der Waals surface area contributed by atoms with Crippen LogP contribution >= 0.6 is 34.8 Å². The van der Waals surface area contributed by atoms with Gasteiger partial charge in [-0.25, -0.2) is 8.78 Å². The Bertz CT molecular complexity index is 99.9. The summed E-state index contributed by atoms with van der Waals surface area (Å²) in [5.74, 6) is 0. The summed E-state index contributed by atoms with van der Waals surface area (Å²) < 4.78 is 43.0. The number of hydrogen-bond donors (Lipinski definition) is 0. The second-order valence-electron chi connectivity index (χ2n) is 1.31. The van der Waals surface area contributed by atoms with Crippen molar-refractivity contribution < 1.29 is 17.6 Å². The van der Waals surface area contributed by atoms with Crippen LogP contribution in [0.2, 0.25) is 0 Å². The molecule has 0 aliphatic heterocycles. The third kappa shape index (κ3) is 3.12. The molecule has 0 heterocycles. The topological polar surface area (TPSA) is 0 Å². The predicted molar refractivity (Wildman–Crippen MR) is 30.7 cm³/mol. The highest BCUT2D eigenvalue weighted by molar-refractivity contribution is 6.49. The van der Waals surface area contributed by atoms with Crippen molar-refractivity contribution in [1.82, 2.24) is 0 Å². The quantitative estimate of drug-likeness (QED) is 0.492. The normalized spacial score (nSPS) is 14.4. The van der Waals surface area contributed by atoms with Crippen LogP contribution in [0.25, 0.3) is 0 Å². The fraction of sp³-hybridized carbons (Fsp3) is 0.667. The second-order valence-corrected chi connectivity index (χ2v) is 3.02. The van der Waals surface area contributed by atoms with Crippen molar-refractivity contribution in [3.8, 4) is 0 Å². The van der Waals surface area contributed by atoms with Crippen molar-refractivity contribution in [3.05, 3.63) is 6.17 Å². The molecule has 7 heteroatoms. The maximum absolute atomic E-state index is 11.8. The van der Waals surface area contributed by atoms with Crippen molar-refractivity contribution >= 4 is 34.8 Å². The molecule has 0 spiro atoms. The van der Waals surface area contributed by atoms with Gasteiger partial charge < -0.3 is 0 Å². The Labute approximate surface area is 69.0 Å². The summed E-state index contributed by atoms with van der Waals surface area (Å²) in [6.45, 7) is 0. The Morgan fingerprint density at radius 1 is 1.00 bits per heavy atom. The van der Waals surface area contributed by atoms with Gasteiger partial charge in [0.15, 0.2) is 0 Å². The Kier molecular flexibility index (Phi) is 3.08. The van der Waals surface area contributed by atoms with Crippen molar-refractivity contribution in [1.29, 1.82) is 0 Å². The summed E-state index contributed by atoms with van der Waals surface area (Å²) in [6, 6.07) is 0. The van der Waals surface area contributed by atoms with Gasteiger partial charge in [0.25, 0.3) is 6.17 Å². The Balaban J connectivity index is 4.23. The van der Waals surface area contributed by atoms with Crippen LogP contribution in [0.15, 0.2) is 0 Å². The number of hydrogen-bond acceptors (Lipinski definition) is 0. The molecular weight excluding hydrogens is 218 g/mol. The van der Waals surface area contributed by atoms with Crippen molar-refractivity contribution in [3.63, 3.8) is 0 Å². The lowest BCUT2D eigenvalue weighted by Crippen LogP contribution is -2.27. The molecule has 0 aromatic carbocycles. The molecule has 0 aromatic rings. The molecule has 0 saturated heterocycles. The van der Waals surface area contributed by atoms with E-state index in [1.165, 1.54) is 0 Å². The SMILES string of the molecule is F[C](C(F)(F)Cl)C(F)(Cl)Cl. The smallest absolute Gasteiger partial charge is 0.225 e. The predicted octanol–water partition coefficient (Wildman–Crippen LogP) is 3.42. The highest BCUT2D eigenvalue weighted by Gasteiger charge is 2.54. The molecule has 61 valence electrons. The van der Waals surface area contributed by atoms with Gasteiger partial charge >= 0.3 is 9.97 Å². The van der Waals surface area contributed by atoms with Gasteiger partial charge in [0, 0.05) is 0 Å². The van der Waals surface area contributed by atoms with E-state index < -0.39 is 16.1 Å². The zero-order valence-corrected chi connectivity index (χ0v) is 6.41. The van der Waals surface area contributed by atoms with E-state index in [-0.39, 0.29) is 0 Å². The van der Waals surface area contributed by atoms with E-state index in [0.717, 1.165) is 0 Å². The van der Waals surface area contributed by atoms with Crippen LogP contribution in [-0.4, -0.2) is 9.97 Å². The van der Waals surface area contributed by atoms with Gasteiger partial charge in [-0.05, 0) is 11.6 Å². The molecule has 0 aromatic heterocycles. The maximum atomic E-state index is 11.8. The molecule has 0 atom stereocenters. The third-order valence-corrected chi connectivity index (χ3v) is 0.996. The molecule has 0 N–H and O–H groups in total. The lowest BCUT2D eigenvalue weighted by molar-refractivity contribution is 0.0423. The molecule has 0 rings (SSSR count). The molecule has 10 heavy (non-hydrogen) atoms. The molecule has 0 bridgehead atoms. The van der Waals surface area contributed by atoms with E-state index in [2.05, 4.69) is 34.8 Å². The maximum Gasteiger partial charge on any atom is 0.364 e. The molecule has 0 aliphatic rings. The fourth-order valence-corrected chi connectivity index (χ4v) is 0.625. The van der Waals surface area contributed by atoms with Crippen molar-refractivity contribution in [2.45, 2.75) is 9.97 Å². The highest BCUT2D eigenvalue weighted by atomic mass is 35.5. The minimum absolute atomic E-state index is 2.63. The number of alkyl halides is 6. The van der Waals surface area contributed by atoms with Gasteiger partial charge in [-0.15, -0.1) is 0 Å². The monoisotopic (exact) mass is 217 g/mol. The Morgan fingerprint density at radius 3 is 1.30 bits per heavy atom. The summed E-state index contributed by atoms with van der Waals surface area (Å²) in [5, 5.41) is -4.47. The van der Waals surface area contributed by atoms with Crippen LogP contribution in [0.5, 0.6) is 0 Å². The first-order chi connectivity index (χ1) is 4.15. The van der Waals surface area contributed by atoms with E-state index in [1.54, 1.807) is 0 Å². The molecule has 0 saturated carbocycles. The van der Waals surface area contributed by atoms with Gasteiger partial charge in [-0.1, -0.05) is 23.2 Å². The van der Waals surface area contributed by atoms with Crippen LogP contribution in [0, 0.1) is 6.17 Å². The molecule has 0 aliphatic carbocycles. The van der Waals surface area contributed by atoms with Crippen LogP contribution in [0.3, 0.4) is 0 Å². The Morgan fingerprint density at radius 2 is 1.30 bits per heavy atom. The van der Waals surface area contributed by atoms with Crippen LogP contribution < -0.4 is 0 Å². The van der Waals surface area contributed by atoms with E-state index in [9.17, 15) is 17.6 Å². The van der Waals surface area contributed by atoms with E-state index in [4.69, 9.17) is 0 Å². The first-order valence-electron chi connectivity index (χ1n) is 1.82. The van der Waals surface area contributed by atoms with Gasteiger partial charge in [0.1, 0.15) is 0 Å². The lowest BCUT2D eigenvalue weighted by atomic mass is 10.4. The van der Waals surface area contributed by atoms with Gasteiger partial charge in [-0.3, -0.25) is 0 Å². The molecular formula is C3Cl3F4. The highest BCUT2D eigenvalue weighted by Crippen LogP contribution is 2.46. The van der Waals surface area contributed by atoms with Gasteiger partial charge in [0.2, 0.25) is 0 Å². The summed E-state index contributed by atoms with van der Waals surface area (Å²) in [4.78, 5) is 0. The number of halogens is 7. The first-order valence-corrected chi connectivity index (χ1v) is 2.96. The first kappa shape index (κ1) is 10.6. The summed E-state index contributed by atoms with van der Waals surface area (Å²) in [6.07, 6.45) is -2.63. The summed E-state index contributed by atoms with van der Waals surface area (Å²) in [7, 11) is 0.